The molecule has 0 aliphatic carbocycles. The highest BCUT2D eigenvalue weighted by atomic mass is 79.9. The third-order valence-corrected chi connectivity index (χ3v) is 3.86. The molecule has 22 heavy (non-hydrogen) atoms. The molecule has 0 N–H and O–H groups in total. The second kappa shape index (κ2) is 7.86. The summed E-state index contributed by atoms with van der Waals surface area (Å²) in [5, 5.41) is -0.311. The van der Waals surface area contributed by atoms with Crippen molar-refractivity contribution in [1.82, 2.24) is 0 Å². The van der Waals surface area contributed by atoms with Gasteiger partial charge < -0.3 is 9.47 Å². The molecule has 0 aromatic heterocycles. The Kier molecular flexibility index (Phi) is 6.12. The summed E-state index contributed by atoms with van der Waals surface area (Å²) in [6.07, 6.45) is 0. The number of benzene rings is 2. The van der Waals surface area contributed by atoms with E-state index in [1.807, 2.05) is 31.2 Å². The Morgan fingerprint density at radius 2 is 1.86 bits per heavy atom. The van der Waals surface area contributed by atoms with E-state index in [9.17, 15) is 4.79 Å². The quantitative estimate of drug-likeness (QED) is 0.600. The molecule has 3 nitrogen and oxygen atoms in total. The van der Waals surface area contributed by atoms with Crippen molar-refractivity contribution in [3.8, 4) is 11.5 Å². The molecule has 0 atom stereocenters. The van der Waals surface area contributed by atoms with Gasteiger partial charge in [0.15, 0.2) is 11.5 Å². The fourth-order valence-electron chi connectivity index (χ4n) is 1.82. The van der Waals surface area contributed by atoms with Crippen LogP contribution in [0.3, 0.4) is 0 Å². The average molecular weight is 404 g/mol. The molecule has 0 spiro atoms. The van der Waals surface area contributed by atoms with E-state index >= 15 is 0 Å². The van der Waals surface area contributed by atoms with Crippen LogP contribution in [0.5, 0.6) is 11.5 Å². The predicted molar refractivity (Wildman–Crippen MR) is 91.3 cm³/mol. The third kappa shape index (κ3) is 4.38. The van der Waals surface area contributed by atoms with Gasteiger partial charge in [0.2, 0.25) is 0 Å². The van der Waals surface area contributed by atoms with E-state index in [-0.39, 0.29) is 10.6 Å². The molecule has 0 saturated carbocycles. The summed E-state index contributed by atoms with van der Waals surface area (Å²) in [5.74, 6) is 0.796. The van der Waals surface area contributed by atoms with Gasteiger partial charge in [0.05, 0.1) is 11.6 Å². The molecule has 6 heteroatoms. The number of carbonyl (C=O) groups excluding carboxylic acids is 1. The monoisotopic (exact) mass is 402 g/mol. The van der Waals surface area contributed by atoms with Gasteiger partial charge in [-0.1, -0.05) is 39.7 Å². The first kappa shape index (κ1) is 17.1. The maximum atomic E-state index is 11.3. The van der Waals surface area contributed by atoms with Gasteiger partial charge in [0.25, 0.3) is 5.24 Å². The molecule has 2 aromatic rings. The first-order valence-electron chi connectivity index (χ1n) is 6.54. The Bertz CT molecular complexity index is 672. The van der Waals surface area contributed by atoms with Gasteiger partial charge in [-0.2, -0.15) is 0 Å². The van der Waals surface area contributed by atoms with Crippen LogP contribution in [0.2, 0.25) is 5.02 Å². The van der Waals surface area contributed by atoms with Crippen LogP contribution in [0, 0.1) is 0 Å². The van der Waals surface area contributed by atoms with Crippen LogP contribution in [0.4, 0.5) is 0 Å². The van der Waals surface area contributed by atoms with E-state index in [2.05, 4.69) is 15.9 Å². The lowest BCUT2D eigenvalue weighted by molar-refractivity contribution is 0.108. The van der Waals surface area contributed by atoms with Crippen LogP contribution in [0.15, 0.2) is 40.9 Å². The summed E-state index contributed by atoms with van der Waals surface area (Å²) in [7, 11) is 0. The van der Waals surface area contributed by atoms with Crippen molar-refractivity contribution in [2.45, 2.75) is 13.5 Å². The summed E-state index contributed by atoms with van der Waals surface area (Å²) in [6, 6.07) is 10.7. The van der Waals surface area contributed by atoms with Crippen molar-refractivity contribution in [1.29, 1.82) is 0 Å². The first-order chi connectivity index (χ1) is 10.5. The Morgan fingerprint density at radius 1 is 1.18 bits per heavy atom. The number of carbonyl (C=O) groups is 1. The zero-order chi connectivity index (χ0) is 16.1. The molecular formula is C16H13BrCl2O3. The van der Waals surface area contributed by atoms with E-state index in [4.69, 9.17) is 32.7 Å². The minimum Gasteiger partial charge on any atom is -0.490 e. The van der Waals surface area contributed by atoms with E-state index < -0.39 is 5.24 Å². The molecule has 0 saturated heterocycles. The van der Waals surface area contributed by atoms with Crippen LogP contribution in [-0.4, -0.2) is 11.8 Å². The van der Waals surface area contributed by atoms with Gasteiger partial charge in [-0.25, -0.2) is 0 Å². The Balaban J connectivity index is 2.25. The third-order valence-electron chi connectivity index (χ3n) is 2.83. The Hall–Kier alpha value is -1.23. The first-order valence-corrected chi connectivity index (χ1v) is 8.09. The largest absolute Gasteiger partial charge is 0.490 e. The van der Waals surface area contributed by atoms with Crippen LogP contribution < -0.4 is 9.47 Å². The lowest BCUT2D eigenvalue weighted by Gasteiger charge is -2.14. The topological polar surface area (TPSA) is 35.5 Å². The maximum Gasteiger partial charge on any atom is 0.252 e. The second-order valence-corrected chi connectivity index (χ2v) is 6.07. The average Bonchev–Trinajstić information content (AvgIpc) is 2.48. The Labute approximate surface area is 147 Å². The summed E-state index contributed by atoms with van der Waals surface area (Å²) in [4.78, 5) is 11.3. The highest BCUT2D eigenvalue weighted by Gasteiger charge is 2.15. The van der Waals surface area contributed by atoms with Gasteiger partial charge in [-0.15, -0.1) is 0 Å². The summed E-state index contributed by atoms with van der Waals surface area (Å²) >= 11 is 15.1. The van der Waals surface area contributed by atoms with Crippen molar-refractivity contribution < 1.29 is 14.3 Å². The van der Waals surface area contributed by atoms with E-state index in [1.165, 1.54) is 12.1 Å². The van der Waals surface area contributed by atoms with Crippen molar-refractivity contribution in [2.75, 3.05) is 6.61 Å². The van der Waals surface area contributed by atoms with E-state index in [0.29, 0.717) is 24.7 Å². The van der Waals surface area contributed by atoms with Crippen molar-refractivity contribution in [2.24, 2.45) is 0 Å². The standard InChI is InChI=1S/C16H13BrCl2O3/c1-2-21-14-8-11(16(19)20)7-13(18)15(14)22-9-10-3-5-12(17)6-4-10/h3-8H,2,9H2,1H3. The minimum atomic E-state index is -0.595. The summed E-state index contributed by atoms with van der Waals surface area (Å²) < 4.78 is 12.2. The fraction of sp³-hybridized carbons (Fsp3) is 0.188. The molecule has 0 aliphatic heterocycles. The van der Waals surface area contributed by atoms with E-state index in [0.717, 1.165) is 10.0 Å². The smallest absolute Gasteiger partial charge is 0.252 e. The van der Waals surface area contributed by atoms with E-state index in [1.54, 1.807) is 0 Å². The van der Waals surface area contributed by atoms with Crippen molar-refractivity contribution >= 4 is 44.4 Å². The lowest BCUT2D eigenvalue weighted by Crippen LogP contribution is -2.02. The second-order valence-electron chi connectivity index (χ2n) is 4.41. The molecular weight excluding hydrogens is 391 g/mol. The molecule has 116 valence electrons. The van der Waals surface area contributed by atoms with Crippen molar-refractivity contribution in [3.05, 3.63) is 57.0 Å². The number of hydrogen-bond donors (Lipinski definition) is 0. The number of ether oxygens (including phenoxy) is 2. The highest BCUT2D eigenvalue weighted by Crippen LogP contribution is 2.37. The zero-order valence-corrected chi connectivity index (χ0v) is 14.8. The lowest BCUT2D eigenvalue weighted by atomic mass is 10.2. The predicted octanol–water partition coefficient (Wildman–Crippen LogP) is 5.46. The maximum absolute atomic E-state index is 11.3. The van der Waals surface area contributed by atoms with Gasteiger partial charge in [-0.3, -0.25) is 4.79 Å². The molecule has 0 radical (unpaired) electrons. The fourth-order valence-corrected chi connectivity index (χ4v) is 2.46. The number of hydrogen-bond acceptors (Lipinski definition) is 3. The molecule has 0 aliphatic rings. The van der Waals surface area contributed by atoms with Crippen LogP contribution >= 0.6 is 39.1 Å². The van der Waals surface area contributed by atoms with Gasteiger partial charge in [0.1, 0.15) is 6.61 Å². The molecule has 0 bridgehead atoms. The molecule has 0 amide bonds. The molecule has 0 unspecified atom stereocenters. The van der Waals surface area contributed by atoms with Crippen LogP contribution in [0.25, 0.3) is 0 Å². The van der Waals surface area contributed by atoms with Crippen LogP contribution in [0.1, 0.15) is 22.8 Å². The minimum absolute atomic E-state index is 0.270. The molecule has 2 aromatic carbocycles. The zero-order valence-electron chi connectivity index (χ0n) is 11.7. The normalized spacial score (nSPS) is 10.4. The Morgan fingerprint density at radius 3 is 2.45 bits per heavy atom. The summed E-state index contributed by atoms with van der Waals surface area (Å²) in [6.45, 7) is 2.59. The molecule has 2 rings (SSSR count). The van der Waals surface area contributed by atoms with Crippen LogP contribution in [-0.2, 0) is 6.61 Å². The number of rotatable bonds is 6. The summed E-state index contributed by atoms with van der Waals surface area (Å²) in [5.41, 5.74) is 1.25. The van der Waals surface area contributed by atoms with Gasteiger partial charge in [-0.05, 0) is 48.4 Å². The SMILES string of the molecule is CCOc1cc(C(=O)Cl)cc(Cl)c1OCc1ccc(Br)cc1. The van der Waals surface area contributed by atoms with Gasteiger partial charge in [0, 0.05) is 10.0 Å². The molecule has 0 heterocycles. The van der Waals surface area contributed by atoms with Gasteiger partial charge >= 0.3 is 0 Å². The van der Waals surface area contributed by atoms with Crippen molar-refractivity contribution in [3.63, 3.8) is 0 Å². The highest BCUT2D eigenvalue weighted by molar-refractivity contribution is 9.10. The number of halogens is 3. The molecule has 0 fully saturated rings.